The monoisotopic (exact) mass is 330 g/mol. The lowest BCUT2D eigenvalue weighted by Gasteiger charge is -2.08. The lowest BCUT2D eigenvalue weighted by atomic mass is 10.1. The van der Waals surface area contributed by atoms with Crippen molar-refractivity contribution in [1.82, 2.24) is 10.2 Å². The first kappa shape index (κ1) is 15.4. The molecule has 23 heavy (non-hydrogen) atoms. The van der Waals surface area contributed by atoms with Gasteiger partial charge < -0.3 is 13.6 Å². The third kappa shape index (κ3) is 3.45. The van der Waals surface area contributed by atoms with Gasteiger partial charge >= 0.3 is 0 Å². The van der Waals surface area contributed by atoms with Gasteiger partial charge in [0.2, 0.25) is 0 Å². The molecule has 6 nitrogen and oxygen atoms in total. The van der Waals surface area contributed by atoms with Crippen LogP contribution < -0.4 is 4.74 Å². The number of ether oxygens (including phenoxy) is 1. The van der Waals surface area contributed by atoms with Gasteiger partial charge in [0.25, 0.3) is 11.1 Å². The fourth-order valence-electron chi connectivity index (χ4n) is 1.95. The highest BCUT2D eigenvalue weighted by Gasteiger charge is 2.20. The van der Waals surface area contributed by atoms with Gasteiger partial charge in [-0.1, -0.05) is 11.8 Å². The van der Waals surface area contributed by atoms with Crippen molar-refractivity contribution in [2.45, 2.75) is 17.4 Å². The molecule has 2 aromatic heterocycles. The predicted octanol–water partition coefficient (Wildman–Crippen LogP) is 3.70. The predicted molar refractivity (Wildman–Crippen MR) is 84.6 cm³/mol. The quantitative estimate of drug-likeness (QED) is 0.503. The maximum atomic E-state index is 12.4. The van der Waals surface area contributed by atoms with Gasteiger partial charge in [-0.05, 0) is 43.3 Å². The number of carbonyl (C=O) groups is 1. The standard InChI is InChI=1S/C16H14N2O4S/c1-10(14(19)11-5-7-12(20-2)8-6-11)23-16-18-17-15(22-16)13-4-3-9-21-13/h3-10H,1-2H3/t10-/m0/s1. The van der Waals surface area contributed by atoms with Crippen molar-refractivity contribution in [3.63, 3.8) is 0 Å². The van der Waals surface area contributed by atoms with Crippen molar-refractivity contribution in [1.29, 1.82) is 0 Å². The van der Waals surface area contributed by atoms with Crippen LogP contribution in [-0.2, 0) is 0 Å². The number of rotatable bonds is 6. The molecule has 0 aliphatic heterocycles. The van der Waals surface area contributed by atoms with Crippen molar-refractivity contribution < 1.29 is 18.4 Å². The minimum absolute atomic E-state index is 0.0181. The molecule has 1 aromatic carbocycles. The van der Waals surface area contributed by atoms with Crippen LogP contribution in [-0.4, -0.2) is 28.3 Å². The van der Waals surface area contributed by atoms with E-state index in [1.165, 1.54) is 18.0 Å². The minimum atomic E-state index is -0.353. The van der Waals surface area contributed by atoms with Gasteiger partial charge in [0.15, 0.2) is 11.5 Å². The number of ketones is 1. The Hall–Kier alpha value is -2.54. The molecule has 3 aromatic rings. The summed E-state index contributed by atoms with van der Waals surface area (Å²) in [6.45, 7) is 1.80. The second-order valence-electron chi connectivity index (χ2n) is 4.70. The first-order valence-electron chi connectivity index (χ1n) is 6.89. The van der Waals surface area contributed by atoms with E-state index in [1.807, 2.05) is 0 Å². The number of Topliss-reactive ketones (excluding diaryl/α,β-unsaturated/α-hetero) is 1. The first-order chi connectivity index (χ1) is 11.2. The summed E-state index contributed by atoms with van der Waals surface area (Å²) in [5.41, 5.74) is 0.608. The molecule has 0 amide bonds. The third-order valence-corrected chi connectivity index (χ3v) is 4.09. The molecule has 0 unspecified atom stereocenters. The van der Waals surface area contributed by atoms with E-state index in [1.54, 1.807) is 50.4 Å². The smallest absolute Gasteiger partial charge is 0.284 e. The Morgan fingerprint density at radius 1 is 1.22 bits per heavy atom. The minimum Gasteiger partial charge on any atom is -0.497 e. The normalized spacial score (nSPS) is 12.1. The zero-order valence-electron chi connectivity index (χ0n) is 12.6. The van der Waals surface area contributed by atoms with Crippen LogP contribution in [0.5, 0.6) is 5.75 Å². The Morgan fingerprint density at radius 2 is 2.00 bits per heavy atom. The SMILES string of the molecule is COc1ccc(C(=O)[C@H](C)Sc2nnc(-c3ccco3)o2)cc1. The van der Waals surface area contributed by atoms with Crippen LogP contribution in [0.4, 0.5) is 0 Å². The number of furan rings is 1. The van der Waals surface area contributed by atoms with E-state index in [9.17, 15) is 4.79 Å². The lowest BCUT2D eigenvalue weighted by molar-refractivity contribution is 0.0993. The van der Waals surface area contributed by atoms with Crippen LogP contribution in [0.2, 0.25) is 0 Å². The third-order valence-electron chi connectivity index (χ3n) is 3.16. The van der Waals surface area contributed by atoms with E-state index in [0.29, 0.717) is 28.2 Å². The Balaban J connectivity index is 1.68. The van der Waals surface area contributed by atoms with E-state index in [0.717, 1.165) is 0 Å². The number of carbonyl (C=O) groups excluding carboxylic acids is 1. The van der Waals surface area contributed by atoms with Gasteiger partial charge in [0, 0.05) is 5.56 Å². The molecular weight excluding hydrogens is 316 g/mol. The van der Waals surface area contributed by atoms with Gasteiger partial charge in [0.05, 0.1) is 18.6 Å². The summed E-state index contributed by atoms with van der Waals surface area (Å²) in [5, 5.41) is 7.81. The molecule has 0 saturated carbocycles. The summed E-state index contributed by atoms with van der Waals surface area (Å²) < 4.78 is 15.8. The van der Waals surface area contributed by atoms with E-state index < -0.39 is 0 Å². The summed E-state index contributed by atoms with van der Waals surface area (Å²) in [5.74, 6) is 1.48. The van der Waals surface area contributed by atoms with E-state index in [2.05, 4.69) is 10.2 Å². The molecule has 0 aliphatic rings. The van der Waals surface area contributed by atoms with Gasteiger partial charge in [-0.3, -0.25) is 4.79 Å². The van der Waals surface area contributed by atoms with Crippen molar-refractivity contribution in [2.75, 3.05) is 7.11 Å². The van der Waals surface area contributed by atoms with E-state index >= 15 is 0 Å². The summed E-state index contributed by atoms with van der Waals surface area (Å²) in [7, 11) is 1.58. The highest BCUT2D eigenvalue weighted by molar-refractivity contribution is 8.00. The topological polar surface area (TPSA) is 78.4 Å². The molecular formula is C16H14N2O4S. The Kier molecular flexibility index (Phi) is 4.47. The number of hydrogen-bond acceptors (Lipinski definition) is 7. The van der Waals surface area contributed by atoms with Gasteiger partial charge in [-0.15, -0.1) is 10.2 Å². The molecule has 7 heteroatoms. The first-order valence-corrected chi connectivity index (χ1v) is 7.77. The Morgan fingerprint density at radius 3 is 2.65 bits per heavy atom. The molecule has 0 fully saturated rings. The molecule has 0 aliphatic carbocycles. The average Bonchev–Trinajstić information content (AvgIpc) is 3.25. The van der Waals surface area contributed by atoms with Crippen LogP contribution in [0.3, 0.4) is 0 Å². The van der Waals surface area contributed by atoms with Crippen LogP contribution in [0.25, 0.3) is 11.7 Å². The number of benzene rings is 1. The van der Waals surface area contributed by atoms with Crippen LogP contribution in [0.15, 0.2) is 56.7 Å². The van der Waals surface area contributed by atoms with Crippen LogP contribution >= 0.6 is 11.8 Å². The Labute approximate surface area is 136 Å². The molecule has 118 valence electrons. The molecule has 0 spiro atoms. The highest BCUT2D eigenvalue weighted by Crippen LogP contribution is 2.28. The summed E-state index contributed by atoms with van der Waals surface area (Å²) in [4.78, 5) is 12.4. The number of aromatic nitrogens is 2. The molecule has 0 bridgehead atoms. The van der Waals surface area contributed by atoms with Crippen molar-refractivity contribution in [3.05, 3.63) is 48.2 Å². The maximum absolute atomic E-state index is 12.4. The van der Waals surface area contributed by atoms with Gasteiger partial charge in [-0.25, -0.2) is 0 Å². The largest absolute Gasteiger partial charge is 0.497 e. The highest BCUT2D eigenvalue weighted by atomic mass is 32.2. The summed E-state index contributed by atoms with van der Waals surface area (Å²) in [6.07, 6.45) is 1.53. The van der Waals surface area contributed by atoms with Crippen LogP contribution in [0.1, 0.15) is 17.3 Å². The second kappa shape index (κ2) is 6.70. The Bertz CT molecular complexity index is 781. The van der Waals surface area contributed by atoms with Gasteiger partial charge in [-0.2, -0.15) is 0 Å². The fraction of sp³-hybridized carbons (Fsp3) is 0.188. The maximum Gasteiger partial charge on any atom is 0.284 e. The van der Waals surface area contributed by atoms with Crippen LogP contribution in [0, 0.1) is 0 Å². The van der Waals surface area contributed by atoms with Crippen molar-refractivity contribution in [2.24, 2.45) is 0 Å². The van der Waals surface area contributed by atoms with E-state index in [-0.39, 0.29) is 11.0 Å². The lowest BCUT2D eigenvalue weighted by Crippen LogP contribution is -2.13. The summed E-state index contributed by atoms with van der Waals surface area (Å²) >= 11 is 1.21. The number of thioether (sulfide) groups is 1. The van der Waals surface area contributed by atoms with E-state index in [4.69, 9.17) is 13.6 Å². The molecule has 0 radical (unpaired) electrons. The zero-order chi connectivity index (χ0) is 16.2. The average molecular weight is 330 g/mol. The molecule has 2 heterocycles. The molecule has 0 N–H and O–H groups in total. The van der Waals surface area contributed by atoms with Gasteiger partial charge in [0.1, 0.15) is 5.75 Å². The van der Waals surface area contributed by atoms with Crippen molar-refractivity contribution >= 4 is 17.5 Å². The molecule has 0 saturated heterocycles. The van der Waals surface area contributed by atoms with Crippen molar-refractivity contribution in [3.8, 4) is 17.4 Å². The molecule has 3 rings (SSSR count). The number of nitrogens with zero attached hydrogens (tertiary/aromatic N) is 2. The number of hydrogen-bond donors (Lipinski definition) is 0. The summed E-state index contributed by atoms with van der Waals surface area (Å²) in [6, 6.07) is 10.5. The fourth-order valence-corrected chi connectivity index (χ4v) is 2.71. The molecule has 1 atom stereocenters. The second-order valence-corrected chi connectivity index (χ2v) is 6.00. The number of methoxy groups -OCH3 is 1. The zero-order valence-corrected chi connectivity index (χ0v) is 13.4.